The fourth-order valence-corrected chi connectivity index (χ4v) is 1.93. The highest BCUT2D eigenvalue weighted by Crippen LogP contribution is 2.39. The molecule has 1 atom stereocenters. The first kappa shape index (κ1) is 10.0. The van der Waals surface area contributed by atoms with Gasteiger partial charge in [0.25, 0.3) is 0 Å². The zero-order valence-electron chi connectivity index (χ0n) is 8.18. The van der Waals surface area contributed by atoms with Crippen molar-refractivity contribution >= 4 is 0 Å². The lowest BCUT2D eigenvalue weighted by molar-refractivity contribution is -0.0999. The molecule has 1 aliphatic rings. The molecule has 0 amide bonds. The molecule has 0 heterocycles. The van der Waals surface area contributed by atoms with E-state index in [-0.39, 0.29) is 11.7 Å². The van der Waals surface area contributed by atoms with Gasteiger partial charge in [-0.1, -0.05) is 13.3 Å². The van der Waals surface area contributed by atoms with Crippen LogP contribution in [-0.4, -0.2) is 23.9 Å². The van der Waals surface area contributed by atoms with Crippen molar-refractivity contribution in [2.45, 2.75) is 57.2 Å². The van der Waals surface area contributed by atoms with Crippen LogP contribution in [0.3, 0.4) is 0 Å². The van der Waals surface area contributed by atoms with Crippen LogP contribution in [0.5, 0.6) is 0 Å². The zero-order chi connectivity index (χ0) is 9.03. The Bertz CT molecular complexity index is 124. The molecule has 0 aromatic heterocycles. The summed E-state index contributed by atoms with van der Waals surface area (Å²) < 4.78 is 5.43. The van der Waals surface area contributed by atoms with Gasteiger partial charge in [0.05, 0.1) is 11.7 Å². The van der Waals surface area contributed by atoms with Crippen LogP contribution in [-0.2, 0) is 4.74 Å². The molecule has 2 heteroatoms. The van der Waals surface area contributed by atoms with Gasteiger partial charge < -0.3 is 9.84 Å². The molecule has 0 aliphatic heterocycles. The highest BCUT2D eigenvalue weighted by atomic mass is 16.5. The summed E-state index contributed by atoms with van der Waals surface area (Å²) in [5, 5.41) is 9.60. The normalized spacial score (nSPS) is 23.2. The maximum atomic E-state index is 9.60. The van der Waals surface area contributed by atoms with Gasteiger partial charge in [-0.2, -0.15) is 0 Å². The Hall–Kier alpha value is -0.0800. The van der Waals surface area contributed by atoms with E-state index in [1.54, 1.807) is 7.11 Å². The molecule has 0 radical (unpaired) electrons. The first-order valence-corrected chi connectivity index (χ1v) is 4.95. The van der Waals surface area contributed by atoms with Gasteiger partial charge in [0.2, 0.25) is 0 Å². The summed E-state index contributed by atoms with van der Waals surface area (Å²) in [6.07, 6.45) is 6.15. The molecule has 72 valence electrons. The Morgan fingerprint density at radius 2 is 2.17 bits per heavy atom. The predicted molar refractivity (Wildman–Crippen MR) is 49.1 cm³/mol. The summed E-state index contributed by atoms with van der Waals surface area (Å²) in [5.41, 5.74) is 0.0363. The van der Waals surface area contributed by atoms with Crippen molar-refractivity contribution in [2.24, 2.45) is 0 Å². The highest BCUT2D eigenvalue weighted by molar-refractivity contribution is 4.91. The third-order valence-corrected chi connectivity index (χ3v) is 2.93. The smallest absolute Gasteiger partial charge is 0.0703 e. The molecule has 2 nitrogen and oxygen atoms in total. The van der Waals surface area contributed by atoms with Crippen molar-refractivity contribution in [1.29, 1.82) is 0 Å². The third kappa shape index (κ3) is 2.20. The predicted octanol–water partition coefficient (Wildman–Crippen LogP) is 2.11. The van der Waals surface area contributed by atoms with Crippen molar-refractivity contribution in [3.8, 4) is 0 Å². The lowest BCUT2D eigenvalue weighted by atomic mass is 9.75. The lowest BCUT2D eigenvalue weighted by Crippen LogP contribution is -2.42. The maximum Gasteiger partial charge on any atom is 0.0703 e. The molecule has 1 rings (SSSR count). The minimum atomic E-state index is -0.157. The fourth-order valence-electron chi connectivity index (χ4n) is 1.93. The van der Waals surface area contributed by atoms with E-state index in [9.17, 15) is 5.11 Å². The molecule has 0 saturated heterocycles. The minimum absolute atomic E-state index is 0.0363. The Morgan fingerprint density at radius 1 is 1.50 bits per heavy atom. The molecule has 0 spiro atoms. The Kier molecular flexibility index (Phi) is 3.53. The zero-order valence-corrected chi connectivity index (χ0v) is 8.18. The average molecular weight is 172 g/mol. The monoisotopic (exact) mass is 172 g/mol. The lowest BCUT2D eigenvalue weighted by Gasteiger charge is -2.41. The Labute approximate surface area is 74.9 Å². The molecular weight excluding hydrogens is 152 g/mol. The maximum absolute atomic E-state index is 9.60. The quantitative estimate of drug-likeness (QED) is 0.688. The van der Waals surface area contributed by atoms with Gasteiger partial charge in [-0.3, -0.25) is 0 Å². The van der Waals surface area contributed by atoms with E-state index in [2.05, 4.69) is 6.92 Å². The van der Waals surface area contributed by atoms with Gasteiger partial charge in [-0.25, -0.2) is 0 Å². The van der Waals surface area contributed by atoms with Gasteiger partial charge in [-0.15, -0.1) is 0 Å². The van der Waals surface area contributed by atoms with Crippen molar-refractivity contribution in [2.75, 3.05) is 7.11 Å². The van der Waals surface area contributed by atoms with E-state index < -0.39 is 0 Å². The third-order valence-electron chi connectivity index (χ3n) is 2.93. The van der Waals surface area contributed by atoms with Gasteiger partial charge in [0, 0.05) is 13.5 Å². The first-order valence-electron chi connectivity index (χ1n) is 4.95. The number of methoxy groups -OCH3 is 1. The topological polar surface area (TPSA) is 29.5 Å². The second-order valence-corrected chi connectivity index (χ2v) is 3.89. The number of hydrogen-bond donors (Lipinski definition) is 1. The van der Waals surface area contributed by atoms with Crippen LogP contribution < -0.4 is 0 Å². The van der Waals surface area contributed by atoms with E-state index in [0.29, 0.717) is 0 Å². The van der Waals surface area contributed by atoms with E-state index in [1.807, 2.05) is 0 Å². The van der Waals surface area contributed by atoms with Crippen LogP contribution in [0.4, 0.5) is 0 Å². The van der Waals surface area contributed by atoms with Crippen LogP contribution in [0.1, 0.15) is 45.4 Å². The highest BCUT2D eigenvalue weighted by Gasteiger charge is 2.38. The molecule has 1 N–H and O–H groups in total. The second kappa shape index (κ2) is 4.24. The molecule has 1 unspecified atom stereocenters. The van der Waals surface area contributed by atoms with Gasteiger partial charge in [-0.05, 0) is 25.7 Å². The van der Waals surface area contributed by atoms with Crippen LogP contribution in [0.25, 0.3) is 0 Å². The van der Waals surface area contributed by atoms with Crippen LogP contribution >= 0.6 is 0 Å². The largest absolute Gasteiger partial charge is 0.393 e. The molecular formula is C10H20O2. The van der Waals surface area contributed by atoms with Gasteiger partial charge in [0.1, 0.15) is 0 Å². The van der Waals surface area contributed by atoms with E-state index in [1.165, 1.54) is 6.42 Å². The van der Waals surface area contributed by atoms with Gasteiger partial charge >= 0.3 is 0 Å². The van der Waals surface area contributed by atoms with Crippen LogP contribution in [0, 0.1) is 0 Å². The van der Waals surface area contributed by atoms with Crippen molar-refractivity contribution in [3.05, 3.63) is 0 Å². The number of aliphatic hydroxyl groups is 1. The standard InChI is InChI=1S/C10H20O2/c1-3-5-9(11)8-10(12-2)6-4-7-10/h9,11H,3-8H2,1-2H3. The second-order valence-electron chi connectivity index (χ2n) is 3.89. The van der Waals surface area contributed by atoms with Crippen LogP contribution in [0.2, 0.25) is 0 Å². The van der Waals surface area contributed by atoms with Crippen molar-refractivity contribution < 1.29 is 9.84 Å². The van der Waals surface area contributed by atoms with Gasteiger partial charge in [0.15, 0.2) is 0 Å². The van der Waals surface area contributed by atoms with Crippen molar-refractivity contribution in [3.63, 3.8) is 0 Å². The molecule has 1 aliphatic carbocycles. The average Bonchev–Trinajstić information content (AvgIpc) is 1.97. The Balaban J connectivity index is 2.27. The number of aliphatic hydroxyl groups excluding tert-OH is 1. The molecule has 0 aromatic carbocycles. The van der Waals surface area contributed by atoms with Crippen molar-refractivity contribution in [1.82, 2.24) is 0 Å². The number of rotatable bonds is 5. The molecule has 0 aromatic rings. The molecule has 12 heavy (non-hydrogen) atoms. The summed E-state index contributed by atoms with van der Waals surface area (Å²) in [6, 6.07) is 0. The summed E-state index contributed by atoms with van der Waals surface area (Å²) in [7, 11) is 1.76. The van der Waals surface area contributed by atoms with Crippen LogP contribution in [0.15, 0.2) is 0 Å². The summed E-state index contributed by atoms with van der Waals surface area (Å²) in [5.74, 6) is 0. The SMILES string of the molecule is CCCC(O)CC1(OC)CCC1. The number of ether oxygens (including phenoxy) is 1. The summed E-state index contributed by atoms with van der Waals surface area (Å²) >= 11 is 0. The Morgan fingerprint density at radius 3 is 2.50 bits per heavy atom. The molecule has 1 saturated carbocycles. The minimum Gasteiger partial charge on any atom is -0.393 e. The van der Waals surface area contributed by atoms with E-state index >= 15 is 0 Å². The van der Waals surface area contributed by atoms with E-state index in [4.69, 9.17) is 4.74 Å². The molecule has 1 fully saturated rings. The fraction of sp³-hybridized carbons (Fsp3) is 1.00. The first-order chi connectivity index (χ1) is 5.72. The number of hydrogen-bond acceptors (Lipinski definition) is 2. The van der Waals surface area contributed by atoms with E-state index in [0.717, 1.165) is 32.1 Å². The summed E-state index contributed by atoms with van der Waals surface area (Å²) in [4.78, 5) is 0. The molecule has 0 bridgehead atoms. The summed E-state index contributed by atoms with van der Waals surface area (Å²) in [6.45, 7) is 2.10.